The highest BCUT2D eigenvalue weighted by Crippen LogP contribution is 2.34. The second kappa shape index (κ2) is 9.27. The summed E-state index contributed by atoms with van der Waals surface area (Å²) in [6, 6.07) is 8.35. The molecule has 8 nitrogen and oxygen atoms in total. The number of rotatable bonds is 6. The fraction of sp³-hybridized carbons (Fsp3) is 0.381. The molecule has 0 radical (unpaired) electrons. The predicted molar refractivity (Wildman–Crippen MR) is 103 cm³/mol. The average molecular weight is 401 g/mol. The van der Waals surface area contributed by atoms with Gasteiger partial charge in [0.2, 0.25) is 5.78 Å². The second-order valence-electron chi connectivity index (χ2n) is 6.53. The first kappa shape index (κ1) is 22.0. The third-order valence-electron chi connectivity index (χ3n) is 4.66. The standard InChI is InChI=1S/C21H23NO7/c1-11-15(19(24)27-4)17(16(12(2)22-11)20(25)28-5)21(26)29-13(3)18(23)14-9-7-6-8-10-14/h6-10,13,15,17H,1-5H3/t13-,15?,17-/m0/s1. The Kier molecular flexibility index (Phi) is 7.03. The maximum Gasteiger partial charge on any atom is 0.336 e. The molecule has 8 heteroatoms. The molecule has 0 fully saturated rings. The summed E-state index contributed by atoms with van der Waals surface area (Å²) in [7, 11) is 2.33. The van der Waals surface area contributed by atoms with E-state index in [2.05, 4.69) is 4.99 Å². The van der Waals surface area contributed by atoms with Gasteiger partial charge in [0, 0.05) is 17.0 Å². The smallest absolute Gasteiger partial charge is 0.336 e. The molecule has 0 bridgehead atoms. The van der Waals surface area contributed by atoms with Crippen LogP contribution in [0.3, 0.4) is 0 Å². The van der Waals surface area contributed by atoms with Gasteiger partial charge in [-0.15, -0.1) is 0 Å². The van der Waals surface area contributed by atoms with Gasteiger partial charge in [0.15, 0.2) is 6.10 Å². The molecule has 1 aliphatic rings. The first-order valence-electron chi connectivity index (χ1n) is 8.94. The maximum atomic E-state index is 13.0. The van der Waals surface area contributed by atoms with Gasteiger partial charge in [0.25, 0.3) is 0 Å². The Morgan fingerprint density at radius 2 is 1.55 bits per heavy atom. The van der Waals surface area contributed by atoms with Crippen LogP contribution in [0.2, 0.25) is 0 Å². The van der Waals surface area contributed by atoms with Crippen molar-refractivity contribution in [3.63, 3.8) is 0 Å². The van der Waals surface area contributed by atoms with Crippen molar-refractivity contribution in [2.75, 3.05) is 14.2 Å². The van der Waals surface area contributed by atoms with Gasteiger partial charge in [-0.1, -0.05) is 30.3 Å². The zero-order chi connectivity index (χ0) is 21.7. The third-order valence-corrected chi connectivity index (χ3v) is 4.66. The van der Waals surface area contributed by atoms with Gasteiger partial charge in [-0.05, 0) is 20.8 Å². The topological polar surface area (TPSA) is 108 Å². The van der Waals surface area contributed by atoms with Gasteiger partial charge in [-0.25, -0.2) is 4.79 Å². The minimum atomic E-state index is -1.33. The lowest BCUT2D eigenvalue weighted by molar-refractivity contribution is -0.158. The number of ether oxygens (including phenoxy) is 3. The summed E-state index contributed by atoms with van der Waals surface area (Å²) in [6.07, 6.45) is -1.12. The van der Waals surface area contributed by atoms with Crippen LogP contribution >= 0.6 is 0 Å². The van der Waals surface area contributed by atoms with Crippen LogP contribution in [0.15, 0.2) is 46.6 Å². The molecule has 1 aliphatic heterocycles. The largest absolute Gasteiger partial charge is 0.468 e. The first-order chi connectivity index (χ1) is 13.7. The molecule has 2 rings (SSSR count). The van der Waals surface area contributed by atoms with Gasteiger partial charge in [0.1, 0.15) is 11.8 Å². The van der Waals surface area contributed by atoms with Gasteiger partial charge < -0.3 is 14.2 Å². The molecule has 29 heavy (non-hydrogen) atoms. The zero-order valence-electron chi connectivity index (χ0n) is 16.9. The Labute approximate surface area is 168 Å². The van der Waals surface area contributed by atoms with E-state index in [1.165, 1.54) is 21.0 Å². The first-order valence-corrected chi connectivity index (χ1v) is 8.94. The van der Waals surface area contributed by atoms with Gasteiger partial charge in [-0.3, -0.25) is 19.4 Å². The molecule has 1 aromatic rings. The minimum absolute atomic E-state index is 0.0992. The van der Waals surface area contributed by atoms with Crippen LogP contribution in [-0.2, 0) is 28.6 Å². The summed E-state index contributed by atoms with van der Waals surface area (Å²) in [4.78, 5) is 54.4. The van der Waals surface area contributed by atoms with Crippen LogP contribution < -0.4 is 0 Å². The Balaban J connectivity index is 2.38. The highest BCUT2D eigenvalue weighted by atomic mass is 16.6. The van der Waals surface area contributed by atoms with E-state index in [0.717, 1.165) is 7.11 Å². The van der Waals surface area contributed by atoms with Crippen LogP contribution in [-0.4, -0.2) is 49.7 Å². The zero-order valence-corrected chi connectivity index (χ0v) is 16.9. The molecule has 0 spiro atoms. The molecule has 0 saturated carbocycles. The van der Waals surface area contributed by atoms with E-state index in [1.807, 2.05) is 0 Å². The number of hydrogen-bond donors (Lipinski definition) is 0. The molecule has 0 aromatic heterocycles. The number of methoxy groups -OCH3 is 2. The molecule has 1 unspecified atom stereocenters. The van der Waals surface area contributed by atoms with Gasteiger partial charge in [0.05, 0.1) is 19.8 Å². The van der Waals surface area contributed by atoms with E-state index in [9.17, 15) is 19.2 Å². The molecule has 1 heterocycles. The van der Waals surface area contributed by atoms with Crippen LogP contribution in [0.25, 0.3) is 0 Å². The summed E-state index contributed by atoms with van der Waals surface area (Å²) in [5, 5.41) is 0. The predicted octanol–water partition coefficient (Wildman–Crippen LogP) is 2.13. The lowest BCUT2D eigenvalue weighted by Crippen LogP contribution is -2.43. The summed E-state index contributed by atoms with van der Waals surface area (Å²) in [6.45, 7) is 4.51. The summed E-state index contributed by atoms with van der Waals surface area (Å²) in [5.74, 6) is -5.37. The number of carbonyl (C=O) groups is 4. The number of allylic oxidation sites excluding steroid dienone is 1. The van der Waals surface area contributed by atoms with Crippen molar-refractivity contribution >= 4 is 29.4 Å². The number of benzene rings is 1. The molecule has 3 atom stereocenters. The Morgan fingerprint density at radius 3 is 2.10 bits per heavy atom. The lowest BCUT2D eigenvalue weighted by atomic mass is 9.79. The van der Waals surface area contributed by atoms with Gasteiger partial charge in [-0.2, -0.15) is 0 Å². The highest BCUT2D eigenvalue weighted by molar-refractivity contribution is 6.10. The van der Waals surface area contributed by atoms with Gasteiger partial charge >= 0.3 is 17.9 Å². The highest BCUT2D eigenvalue weighted by Gasteiger charge is 2.47. The minimum Gasteiger partial charge on any atom is -0.468 e. The van der Waals surface area contributed by atoms with E-state index < -0.39 is 41.6 Å². The second-order valence-corrected chi connectivity index (χ2v) is 6.53. The molecule has 0 aliphatic carbocycles. The summed E-state index contributed by atoms with van der Waals surface area (Å²) < 4.78 is 14.9. The molecule has 0 N–H and O–H groups in total. The Bertz CT molecular complexity index is 886. The average Bonchev–Trinajstić information content (AvgIpc) is 2.72. The molecule has 154 valence electrons. The number of Topliss-reactive ketones (excluding diaryl/α,β-unsaturated/α-hetero) is 1. The van der Waals surface area contributed by atoms with E-state index in [1.54, 1.807) is 37.3 Å². The maximum absolute atomic E-state index is 13.0. The molecular formula is C21H23NO7. The Hall–Kier alpha value is -3.29. The van der Waals surface area contributed by atoms with E-state index in [0.29, 0.717) is 11.3 Å². The van der Waals surface area contributed by atoms with Crippen molar-refractivity contribution in [2.24, 2.45) is 16.8 Å². The quantitative estimate of drug-likeness (QED) is 0.408. The molecule has 0 saturated heterocycles. The summed E-state index contributed by atoms with van der Waals surface area (Å²) >= 11 is 0. The summed E-state index contributed by atoms with van der Waals surface area (Å²) in [5.41, 5.74) is 0.806. The normalized spacial score (nSPS) is 19.7. The van der Waals surface area contributed by atoms with Crippen molar-refractivity contribution in [1.82, 2.24) is 0 Å². The molecule has 0 amide bonds. The number of nitrogens with zero attached hydrogens (tertiary/aromatic N) is 1. The van der Waals surface area contributed by atoms with E-state index in [-0.39, 0.29) is 11.3 Å². The Morgan fingerprint density at radius 1 is 0.931 bits per heavy atom. The fourth-order valence-electron chi connectivity index (χ4n) is 3.24. The van der Waals surface area contributed by atoms with Crippen molar-refractivity contribution in [1.29, 1.82) is 0 Å². The van der Waals surface area contributed by atoms with Crippen LogP contribution in [0, 0.1) is 11.8 Å². The SMILES string of the molecule is COC(=O)C1=C(C)N=C(C)C(C(=O)OC)[C@@H]1C(=O)O[C@@H](C)C(=O)c1ccccc1. The van der Waals surface area contributed by atoms with Crippen LogP contribution in [0.1, 0.15) is 31.1 Å². The fourth-order valence-corrected chi connectivity index (χ4v) is 3.24. The monoisotopic (exact) mass is 401 g/mol. The van der Waals surface area contributed by atoms with E-state index >= 15 is 0 Å². The number of carbonyl (C=O) groups excluding carboxylic acids is 4. The van der Waals surface area contributed by atoms with Crippen LogP contribution in [0.4, 0.5) is 0 Å². The molecule has 1 aromatic carbocycles. The molecular weight excluding hydrogens is 378 g/mol. The number of hydrogen-bond acceptors (Lipinski definition) is 8. The number of ketones is 1. The van der Waals surface area contributed by atoms with Crippen molar-refractivity contribution in [3.05, 3.63) is 47.2 Å². The van der Waals surface area contributed by atoms with Crippen LogP contribution in [0.5, 0.6) is 0 Å². The number of esters is 3. The number of aliphatic imine (C=N–C) groups is 1. The van der Waals surface area contributed by atoms with Crippen molar-refractivity contribution in [2.45, 2.75) is 26.9 Å². The van der Waals surface area contributed by atoms with Crippen molar-refractivity contribution < 1.29 is 33.4 Å². The van der Waals surface area contributed by atoms with Crippen molar-refractivity contribution in [3.8, 4) is 0 Å². The third kappa shape index (κ3) is 4.59. The van der Waals surface area contributed by atoms with E-state index in [4.69, 9.17) is 14.2 Å². The lowest BCUT2D eigenvalue weighted by Gasteiger charge is -2.29.